The van der Waals surface area contributed by atoms with Crippen LogP contribution in [-0.4, -0.2) is 16.2 Å². The van der Waals surface area contributed by atoms with Gasteiger partial charge in [-0.2, -0.15) is 0 Å². The van der Waals surface area contributed by atoms with E-state index in [9.17, 15) is 4.79 Å². The lowest BCUT2D eigenvalue weighted by molar-refractivity contribution is -0.109. The van der Waals surface area contributed by atoms with E-state index in [-0.39, 0.29) is 10.5 Å². The predicted molar refractivity (Wildman–Crippen MR) is 43.1 cm³/mol. The maximum absolute atomic E-state index is 10.3. The van der Waals surface area contributed by atoms with E-state index in [0.29, 0.717) is 0 Å². The number of carbonyl (C=O) groups excluding carboxylic acids is 1. The molecule has 0 aliphatic heterocycles. The van der Waals surface area contributed by atoms with Crippen molar-refractivity contribution in [1.82, 2.24) is 0 Å². The molecular weight excluding hydrogens is 156 g/mol. The lowest BCUT2D eigenvalue weighted by Crippen LogP contribution is -1.94. The van der Waals surface area contributed by atoms with E-state index < -0.39 is 0 Å². The molecule has 0 bridgehead atoms. The van der Waals surface area contributed by atoms with E-state index >= 15 is 0 Å². The number of hydrogen-bond donors (Lipinski definition) is 0. The smallest absolute Gasteiger partial charge is 0.185 e. The fourth-order valence-electron chi connectivity index (χ4n) is 0.365. The Labute approximate surface area is 65.2 Å². The molecule has 0 N–H and O–H groups in total. The van der Waals surface area contributed by atoms with Gasteiger partial charge in [-0.15, -0.1) is 11.6 Å². The summed E-state index contributed by atoms with van der Waals surface area (Å²) in [5, 5.41) is 0.365. The summed E-state index contributed by atoms with van der Waals surface area (Å²) in [6, 6.07) is 0. The summed E-state index contributed by atoms with van der Waals surface area (Å²) in [6.07, 6.45) is 0.909. The van der Waals surface area contributed by atoms with E-state index in [1.54, 1.807) is 6.92 Å². The van der Waals surface area contributed by atoms with Crippen LogP contribution in [0.15, 0.2) is 0 Å². The Bertz CT molecular complexity index is 93.1. The molecule has 0 heterocycles. The van der Waals surface area contributed by atoms with E-state index in [1.165, 1.54) is 11.8 Å². The van der Waals surface area contributed by atoms with Gasteiger partial charge >= 0.3 is 0 Å². The lowest BCUT2D eigenvalue weighted by atomic mass is 10.4. The molecule has 3 heteroatoms. The molecule has 54 valence electrons. The second kappa shape index (κ2) is 5.12. The van der Waals surface area contributed by atoms with Crippen LogP contribution in [0.4, 0.5) is 0 Å². The fraction of sp³-hybridized carbons (Fsp3) is 0.833. The normalized spacial score (nSPS) is 13.2. The average Bonchev–Trinajstić information content (AvgIpc) is 1.63. The van der Waals surface area contributed by atoms with Gasteiger partial charge in [0.25, 0.3) is 0 Å². The Balaban J connectivity index is 3.01. The molecule has 1 atom stereocenters. The zero-order valence-corrected chi connectivity index (χ0v) is 7.26. The molecule has 9 heavy (non-hydrogen) atoms. The van der Waals surface area contributed by atoms with E-state index in [2.05, 4.69) is 0 Å². The fourth-order valence-corrected chi connectivity index (χ4v) is 1.36. The van der Waals surface area contributed by atoms with Gasteiger partial charge in [0.05, 0.1) is 0 Å². The van der Waals surface area contributed by atoms with Gasteiger partial charge in [-0.1, -0.05) is 11.8 Å². The highest BCUT2D eigenvalue weighted by Gasteiger charge is 1.97. The number of carbonyl (C=O) groups is 1. The van der Waals surface area contributed by atoms with Gasteiger partial charge in [-0.3, -0.25) is 4.79 Å². The van der Waals surface area contributed by atoms with Crippen LogP contribution in [0, 0.1) is 0 Å². The van der Waals surface area contributed by atoms with Crippen molar-refractivity contribution in [2.75, 3.05) is 5.75 Å². The van der Waals surface area contributed by atoms with Crippen LogP contribution in [0.25, 0.3) is 0 Å². The highest BCUT2D eigenvalue weighted by Crippen LogP contribution is 2.08. The molecular formula is C6H11ClOS. The van der Waals surface area contributed by atoms with Crippen molar-refractivity contribution in [1.29, 1.82) is 0 Å². The molecule has 0 amide bonds. The van der Waals surface area contributed by atoms with Crippen molar-refractivity contribution in [3.63, 3.8) is 0 Å². The summed E-state index contributed by atoms with van der Waals surface area (Å²) in [4.78, 5) is 10.3. The summed E-state index contributed by atoms with van der Waals surface area (Å²) in [6.45, 7) is 3.51. The third-order valence-corrected chi connectivity index (χ3v) is 1.89. The summed E-state index contributed by atoms with van der Waals surface area (Å²) in [7, 11) is 0. The Morgan fingerprint density at radius 1 is 1.78 bits per heavy atom. The number of rotatable bonds is 3. The summed E-state index contributed by atoms with van der Waals surface area (Å²) < 4.78 is 0. The van der Waals surface area contributed by atoms with Crippen molar-refractivity contribution in [2.45, 2.75) is 25.6 Å². The Hall–Kier alpha value is 0.310. The number of thioether (sulfide) groups is 1. The lowest BCUT2D eigenvalue weighted by Gasteiger charge is -1.98. The summed E-state index contributed by atoms with van der Waals surface area (Å²) >= 11 is 6.97. The number of halogens is 1. The second-order valence-electron chi connectivity index (χ2n) is 1.91. The Morgan fingerprint density at radius 2 is 2.33 bits per heavy atom. The number of alkyl halides is 1. The standard InChI is InChI=1S/C6H11ClOS/c1-5(7)3-4-9-6(2)8/h5H,3-4H2,1-2H3. The van der Waals surface area contributed by atoms with Crippen LogP contribution in [0.3, 0.4) is 0 Å². The molecule has 0 aromatic carbocycles. The SMILES string of the molecule is CC(=O)SCCC(C)Cl. The molecule has 0 radical (unpaired) electrons. The molecule has 0 aliphatic rings. The first-order chi connectivity index (χ1) is 4.13. The highest BCUT2D eigenvalue weighted by molar-refractivity contribution is 8.13. The van der Waals surface area contributed by atoms with E-state index in [4.69, 9.17) is 11.6 Å². The minimum absolute atomic E-state index is 0.173. The molecule has 0 saturated heterocycles. The minimum atomic E-state index is 0.173. The zero-order chi connectivity index (χ0) is 7.28. The van der Waals surface area contributed by atoms with Crippen molar-refractivity contribution in [2.24, 2.45) is 0 Å². The van der Waals surface area contributed by atoms with Gasteiger partial charge in [-0.05, 0) is 13.3 Å². The first kappa shape index (κ1) is 9.31. The van der Waals surface area contributed by atoms with Crippen LogP contribution in [-0.2, 0) is 4.79 Å². The molecule has 0 saturated carbocycles. The zero-order valence-electron chi connectivity index (χ0n) is 5.69. The van der Waals surface area contributed by atoms with Crippen LogP contribution in [0.5, 0.6) is 0 Å². The van der Waals surface area contributed by atoms with Crippen LogP contribution in [0.1, 0.15) is 20.3 Å². The highest BCUT2D eigenvalue weighted by atomic mass is 35.5. The van der Waals surface area contributed by atoms with Crippen LogP contribution < -0.4 is 0 Å². The largest absolute Gasteiger partial charge is 0.288 e. The van der Waals surface area contributed by atoms with Crippen LogP contribution in [0.2, 0.25) is 0 Å². The van der Waals surface area contributed by atoms with Gasteiger partial charge in [-0.25, -0.2) is 0 Å². The van der Waals surface area contributed by atoms with Crippen molar-refractivity contribution >= 4 is 28.5 Å². The average molecular weight is 167 g/mol. The molecule has 1 unspecified atom stereocenters. The monoisotopic (exact) mass is 166 g/mol. The van der Waals surface area contributed by atoms with Gasteiger partial charge in [0.15, 0.2) is 5.12 Å². The van der Waals surface area contributed by atoms with Crippen molar-refractivity contribution in [3.05, 3.63) is 0 Å². The number of hydrogen-bond acceptors (Lipinski definition) is 2. The molecule has 0 aromatic heterocycles. The van der Waals surface area contributed by atoms with Gasteiger partial charge in [0, 0.05) is 18.1 Å². The van der Waals surface area contributed by atoms with Gasteiger partial charge in [0.2, 0.25) is 0 Å². The van der Waals surface area contributed by atoms with E-state index in [0.717, 1.165) is 12.2 Å². The third kappa shape index (κ3) is 8.31. The maximum Gasteiger partial charge on any atom is 0.185 e. The van der Waals surface area contributed by atoms with Crippen molar-refractivity contribution in [3.8, 4) is 0 Å². The van der Waals surface area contributed by atoms with Gasteiger partial charge in [0.1, 0.15) is 0 Å². The predicted octanol–water partition coefficient (Wildman–Crippen LogP) is 2.28. The molecule has 0 spiro atoms. The minimum Gasteiger partial charge on any atom is -0.288 e. The summed E-state index contributed by atoms with van der Waals surface area (Å²) in [5.41, 5.74) is 0. The second-order valence-corrected chi connectivity index (χ2v) is 3.93. The van der Waals surface area contributed by atoms with Crippen LogP contribution >= 0.6 is 23.4 Å². The topological polar surface area (TPSA) is 17.1 Å². The first-order valence-corrected chi connectivity index (χ1v) is 4.32. The molecule has 0 rings (SSSR count). The third-order valence-electron chi connectivity index (χ3n) is 0.821. The quantitative estimate of drug-likeness (QED) is 0.599. The molecule has 0 aliphatic carbocycles. The maximum atomic E-state index is 10.3. The van der Waals surface area contributed by atoms with E-state index in [1.807, 2.05) is 6.92 Å². The molecule has 0 aromatic rings. The molecule has 1 nitrogen and oxygen atoms in total. The first-order valence-electron chi connectivity index (χ1n) is 2.90. The molecule has 0 fully saturated rings. The Morgan fingerprint density at radius 3 is 2.67 bits per heavy atom. The Kier molecular flexibility index (Phi) is 5.30. The summed E-state index contributed by atoms with van der Waals surface area (Å²) in [5.74, 6) is 0.847. The van der Waals surface area contributed by atoms with Gasteiger partial charge < -0.3 is 0 Å². The van der Waals surface area contributed by atoms with Crippen molar-refractivity contribution < 1.29 is 4.79 Å².